The van der Waals surface area contributed by atoms with Gasteiger partial charge in [0, 0.05) is 40.9 Å². The molecule has 0 fully saturated rings. The number of amides is 2. The van der Waals surface area contributed by atoms with E-state index in [1.54, 1.807) is 37.3 Å². The Morgan fingerprint density at radius 3 is 2.47 bits per heavy atom. The van der Waals surface area contributed by atoms with Crippen LogP contribution in [0.5, 0.6) is 11.5 Å². The number of nitrogens with two attached hydrogens (primary N) is 1. The highest BCUT2D eigenvalue weighted by atomic mass is 16.5. The third-order valence-electron chi connectivity index (χ3n) is 5.64. The number of hydrogen-bond donors (Lipinski definition) is 1. The molecule has 174 valence electrons. The maximum Gasteiger partial charge on any atom is 0.248 e. The number of primary amides is 1. The lowest BCUT2D eigenvalue weighted by Crippen LogP contribution is -2.27. The summed E-state index contributed by atoms with van der Waals surface area (Å²) in [6.07, 6.45) is -0.00890. The molecule has 4 rings (SSSR count). The van der Waals surface area contributed by atoms with Gasteiger partial charge in [-0.2, -0.15) is 0 Å². The van der Waals surface area contributed by atoms with Gasteiger partial charge in [0.25, 0.3) is 0 Å². The molecule has 3 aromatic carbocycles. The molecule has 0 unspecified atom stereocenters. The second kappa shape index (κ2) is 9.39. The van der Waals surface area contributed by atoms with Crippen LogP contribution in [-0.2, 0) is 4.79 Å². The van der Waals surface area contributed by atoms with Crippen LogP contribution in [0.1, 0.15) is 35.3 Å². The normalized spacial score (nSPS) is 13.3. The molecule has 2 N–H and O–H groups in total. The summed E-state index contributed by atoms with van der Waals surface area (Å²) >= 11 is 0. The van der Waals surface area contributed by atoms with Gasteiger partial charge < -0.3 is 20.1 Å². The van der Waals surface area contributed by atoms with Gasteiger partial charge in [-0.25, -0.2) is 0 Å². The van der Waals surface area contributed by atoms with Gasteiger partial charge >= 0.3 is 0 Å². The molecular weight excluding hydrogens is 430 g/mol. The van der Waals surface area contributed by atoms with Crippen molar-refractivity contribution in [2.45, 2.75) is 20.0 Å². The number of anilines is 1. The molecule has 2 amide bonds. The van der Waals surface area contributed by atoms with E-state index in [1.807, 2.05) is 56.3 Å². The third kappa shape index (κ3) is 4.37. The number of methoxy groups -OCH3 is 1. The molecular formula is C27H27N3O4. The van der Waals surface area contributed by atoms with Crippen LogP contribution in [0.4, 0.5) is 5.69 Å². The lowest BCUT2D eigenvalue weighted by Gasteiger charge is -2.22. The van der Waals surface area contributed by atoms with E-state index in [4.69, 9.17) is 15.2 Å². The maximum atomic E-state index is 12.7. The zero-order valence-electron chi connectivity index (χ0n) is 19.7. The van der Waals surface area contributed by atoms with E-state index < -0.39 is 5.91 Å². The highest BCUT2D eigenvalue weighted by Gasteiger charge is 2.26. The number of benzodiazepines with no additional fused rings is 1. The topological polar surface area (TPSA) is 94.2 Å². The number of nitrogens with zero attached hydrogens (tertiary/aromatic N) is 2. The van der Waals surface area contributed by atoms with Crippen molar-refractivity contribution in [3.05, 3.63) is 77.4 Å². The number of carbonyl (C=O) groups excluding carboxylic acids is 2. The van der Waals surface area contributed by atoms with Crippen molar-refractivity contribution >= 4 is 23.2 Å². The summed E-state index contributed by atoms with van der Waals surface area (Å²) < 4.78 is 11.8. The molecule has 0 aromatic heterocycles. The number of para-hydroxylation sites is 1. The first-order valence-electron chi connectivity index (χ1n) is 11.0. The summed E-state index contributed by atoms with van der Waals surface area (Å²) in [5, 5.41) is 0. The van der Waals surface area contributed by atoms with Gasteiger partial charge in [-0.05, 0) is 38.1 Å². The van der Waals surface area contributed by atoms with Gasteiger partial charge in [0.2, 0.25) is 11.8 Å². The molecule has 7 nitrogen and oxygen atoms in total. The van der Waals surface area contributed by atoms with Gasteiger partial charge in [0.05, 0.1) is 24.6 Å². The van der Waals surface area contributed by atoms with Gasteiger partial charge in [0.1, 0.15) is 18.0 Å². The largest absolute Gasteiger partial charge is 0.496 e. The van der Waals surface area contributed by atoms with E-state index in [1.165, 1.54) is 0 Å². The average molecular weight is 458 g/mol. The Kier molecular flexibility index (Phi) is 6.36. The summed E-state index contributed by atoms with van der Waals surface area (Å²) in [4.78, 5) is 30.7. The summed E-state index contributed by atoms with van der Waals surface area (Å²) in [6, 6.07) is 18.5. The molecule has 0 bridgehead atoms. The van der Waals surface area contributed by atoms with Crippen LogP contribution in [0.15, 0.2) is 65.7 Å². The van der Waals surface area contributed by atoms with Crippen molar-refractivity contribution in [2.24, 2.45) is 10.7 Å². The average Bonchev–Trinajstić information content (AvgIpc) is 2.94. The summed E-state index contributed by atoms with van der Waals surface area (Å²) in [5.41, 5.74) is 10.2. The Morgan fingerprint density at radius 2 is 1.76 bits per heavy atom. The zero-order chi connectivity index (χ0) is 24.4. The second-order valence-corrected chi connectivity index (χ2v) is 8.30. The number of carbonyl (C=O) groups is 2. The van der Waals surface area contributed by atoms with Crippen LogP contribution in [0, 0.1) is 0 Å². The van der Waals surface area contributed by atoms with E-state index in [2.05, 4.69) is 4.99 Å². The monoisotopic (exact) mass is 457 g/mol. The first kappa shape index (κ1) is 23.0. The van der Waals surface area contributed by atoms with Gasteiger partial charge in [-0.15, -0.1) is 0 Å². The van der Waals surface area contributed by atoms with Crippen molar-refractivity contribution in [1.29, 1.82) is 0 Å². The SMILES string of the molecule is COc1cc2c(cc1-c1ccccc1OC(C)C)C(c1cccc(C(N)=O)c1)=NCC(=O)N2C. The molecule has 1 aliphatic heterocycles. The standard InChI is InChI=1S/C27H27N3O4/c1-16(2)34-23-11-6-5-10-19(23)20-13-21-22(14-24(20)33-4)30(3)25(31)15-29-26(21)17-8-7-9-18(12-17)27(28)32/h5-14,16H,15H2,1-4H3,(H2,28,32). The van der Waals surface area contributed by atoms with E-state index in [-0.39, 0.29) is 18.6 Å². The lowest BCUT2D eigenvalue weighted by atomic mass is 9.93. The highest BCUT2D eigenvalue weighted by molar-refractivity contribution is 6.20. The predicted octanol–water partition coefficient (Wildman–Crippen LogP) is 4.06. The van der Waals surface area contributed by atoms with Crippen LogP contribution in [0.25, 0.3) is 11.1 Å². The number of fused-ring (bicyclic) bond motifs is 1. The van der Waals surface area contributed by atoms with Crippen LogP contribution in [0.2, 0.25) is 0 Å². The Morgan fingerprint density at radius 1 is 1.00 bits per heavy atom. The summed E-state index contributed by atoms with van der Waals surface area (Å²) in [5.74, 6) is 0.647. The molecule has 0 spiro atoms. The number of benzene rings is 3. The van der Waals surface area contributed by atoms with Crippen LogP contribution >= 0.6 is 0 Å². The van der Waals surface area contributed by atoms with Crippen LogP contribution in [-0.4, -0.2) is 44.3 Å². The Bertz CT molecular complexity index is 1300. The van der Waals surface area contributed by atoms with E-state index in [0.29, 0.717) is 28.3 Å². The van der Waals surface area contributed by atoms with E-state index >= 15 is 0 Å². The fourth-order valence-corrected chi connectivity index (χ4v) is 4.00. The number of rotatable bonds is 6. The smallest absolute Gasteiger partial charge is 0.248 e. The lowest BCUT2D eigenvalue weighted by molar-refractivity contribution is -0.116. The van der Waals surface area contributed by atoms with E-state index in [9.17, 15) is 9.59 Å². The molecule has 0 aliphatic carbocycles. The molecule has 0 radical (unpaired) electrons. The quantitative estimate of drug-likeness (QED) is 0.604. The minimum Gasteiger partial charge on any atom is -0.496 e. The first-order chi connectivity index (χ1) is 16.3. The predicted molar refractivity (Wildman–Crippen MR) is 133 cm³/mol. The Hall–Kier alpha value is -4.13. The molecule has 1 heterocycles. The maximum absolute atomic E-state index is 12.7. The minimum atomic E-state index is -0.528. The van der Waals surface area contributed by atoms with Crippen molar-refractivity contribution in [3.8, 4) is 22.6 Å². The fourth-order valence-electron chi connectivity index (χ4n) is 4.00. The number of likely N-dealkylation sites (N-methyl/N-ethyl adjacent to an activating group) is 1. The number of hydrogen-bond acceptors (Lipinski definition) is 5. The van der Waals surface area contributed by atoms with E-state index in [0.717, 1.165) is 22.4 Å². The molecule has 1 aliphatic rings. The molecule has 0 atom stereocenters. The molecule has 34 heavy (non-hydrogen) atoms. The molecule has 7 heteroatoms. The molecule has 0 saturated heterocycles. The summed E-state index contributed by atoms with van der Waals surface area (Å²) in [7, 11) is 3.31. The third-order valence-corrected chi connectivity index (χ3v) is 5.64. The van der Waals surface area contributed by atoms with Crippen molar-refractivity contribution in [1.82, 2.24) is 0 Å². The minimum absolute atomic E-state index is 0.00890. The fraction of sp³-hybridized carbons (Fsp3) is 0.222. The Balaban J connectivity index is 1.98. The van der Waals surface area contributed by atoms with Crippen molar-refractivity contribution in [3.63, 3.8) is 0 Å². The van der Waals surface area contributed by atoms with Gasteiger partial charge in [-0.1, -0.05) is 30.3 Å². The zero-order valence-corrected chi connectivity index (χ0v) is 19.7. The van der Waals surface area contributed by atoms with Crippen molar-refractivity contribution in [2.75, 3.05) is 25.6 Å². The molecule has 0 saturated carbocycles. The van der Waals surface area contributed by atoms with Crippen LogP contribution in [0.3, 0.4) is 0 Å². The van der Waals surface area contributed by atoms with Crippen LogP contribution < -0.4 is 20.1 Å². The number of ether oxygens (including phenoxy) is 2. The second-order valence-electron chi connectivity index (χ2n) is 8.30. The highest BCUT2D eigenvalue weighted by Crippen LogP contribution is 2.42. The first-order valence-corrected chi connectivity index (χ1v) is 11.0. The Labute approximate surface area is 198 Å². The van der Waals surface area contributed by atoms with Gasteiger partial charge in [-0.3, -0.25) is 14.6 Å². The van der Waals surface area contributed by atoms with Gasteiger partial charge in [0.15, 0.2) is 0 Å². The number of aliphatic imine (C=N–C) groups is 1. The summed E-state index contributed by atoms with van der Waals surface area (Å²) in [6.45, 7) is 3.93. The molecule has 3 aromatic rings. The van der Waals surface area contributed by atoms with Crippen molar-refractivity contribution < 1.29 is 19.1 Å².